The van der Waals surface area contributed by atoms with Crippen LogP contribution in [0.1, 0.15) is 35.6 Å². The maximum Gasteiger partial charge on any atom is 0.433 e. The standard InChI is InChI=1S/C23H21F3N4O3S/c1-3-32-17-8-7-14(10-18(17)33-4-2)13-27-22(31)16-12-21-28-15(19-6-5-9-34-19)11-20(23(24,25)26)30(21)29-16/h5-12H,3-4,13H2,1-2H3,(H,27,31). The number of thiophene rings is 1. The maximum absolute atomic E-state index is 13.7. The summed E-state index contributed by atoms with van der Waals surface area (Å²) in [5.41, 5.74) is -0.342. The molecule has 0 fully saturated rings. The average Bonchev–Trinajstić information content (AvgIpc) is 3.48. The molecular formula is C23H21F3N4O3S. The van der Waals surface area contributed by atoms with Crippen molar-refractivity contribution in [2.75, 3.05) is 13.2 Å². The van der Waals surface area contributed by atoms with Gasteiger partial charge in [-0.1, -0.05) is 12.1 Å². The van der Waals surface area contributed by atoms with Crippen molar-refractivity contribution >= 4 is 22.9 Å². The van der Waals surface area contributed by atoms with Gasteiger partial charge >= 0.3 is 6.18 Å². The molecule has 11 heteroatoms. The Bertz CT molecular complexity index is 1300. The highest BCUT2D eigenvalue weighted by molar-refractivity contribution is 7.13. The largest absolute Gasteiger partial charge is 0.490 e. The molecule has 0 aliphatic carbocycles. The number of nitrogens with one attached hydrogen (secondary N) is 1. The number of aromatic nitrogens is 3. The summed E-state index contributed by atoms with van der Waals surface area (Å²) >= 11 is 1.27. The molecule has 1 amide bonds. The summed E-state index contributed by atoms with van der Waals surface area (Å²) in [6, 6.07) is 10.8. The van der Waals surface area contributed by atoms with Crippen molar-refractivity contribution in [3.05, 3.63) is 64.8 Å². The van der Waals surface area contributed by atoms with Gasteiger partial charge in [-0.05, 0) is 49.1 Å². The van der Waals surface area contributed by atoms with Crippen molar-refractivity contribution in [3.8, 4) is 22.1 Å². The van der Waals surface area contributed by atoms with Gasteiger partial charge < -0.3 is 14.8 Å². The van der Waals surface area contributed by atoms with E-state index in [0.717, 1.165) is 11.6 Å². The zero-order valence-corrected chi connectivity index (χ0v) is 19.2. The normalized spacial score (nSPS) is 11.6. The molecule has 1 N–H and O–H groups in total. The molecule has 178 valence electrons. The number of rotatable bonds is 8. The molecule has 0 radical (unpaired) electrons. The maximum atomic E-state index is 13.7. The first-order valence-electron chi connectivity index (χ1n) is 10.5. The Morgan fingerprint density at radius 1 is 1.09 bits per heavy atom. The molecule has 0 atom stereocenters. The molecule has 34 heavy (non-hydrogen) atoms. The molecule has 4 aromatic rings. The lowest BCUT2D eigenvalue weighted by Crippen LogP contribution is -2.23. The van der Waals surface area contributed by atoms with Crippen LogP contribution in [0.2, 0.25) is 0 Å². The third-order valence-corrected chi connectivity index (χ3v) is 5.68. The topological polar surface area (TPSA) is 77.8 Å². The number of alkyl halides is 3. The van der Waals surface area contributed by atoms with Crippen molar-refractivity contribution < 1.29 is 27.4 Å². The lowest BCUT2D eigenvalue weighted by Gasteiger charge is -2.12. The number of ether oxygens (including phenoxy) is 2. The Balaban J connectivity index is 1.59. The average molecular weight is 491 g/mol. The van der Waals surface area contributed by atoms with Crippen molar-refractivity contribution in [2.24, 2.45) is 0 Å². The first-order valence-corrected chi connectivity index (χ1v) is 11.4. The summed E-state index contributed by atoms with van der Waals surface area (Å²) in [7, 11) is 0. The summed E-state index contributed by atoms with van der Waals surface area (Å²) in [6.07, 6.45) is -4.68. The van der Waals surface area contributed by atoms with E-state index >= 15 is 0 Å². The molecule has 0 saturated carbocycles. The molecule has 1 aromatic carbocycles. The lowest BCUT2D eigenvalue weighted by atomic mass is 10.2. The summed E-state index contributed by atoms with van der Waals surface area (Å²) in [5.74, 6) is 0.513. The van der Waals surface area contributed by atoms with E-state index in [9.17, 15) is 18.0 Å². The van der Waals surface area contributed by atoms with E-state index in [4.69, 9.17) is 9.47 Å². The lowest BCUT2D eigenvalue weighted by molar-refractivity contribution is -0.142. The zero-order valence-electron chi connectivity index (χ0n) is 18.3. The van der Waals surface area contributed by atoms with E-state index in [-0.39, 0.29) is 23.6 Å². The Morgan fingerprint density at radius 3 is 2.53 bits per heavy atom. The van der Waals surface area contributed by atoms with Gasteiger partial charge in [0.2, 0.25) is 0 Å². The highest BCUT2D eigenvalue weighted by atomic mass is 32.1. The molecule has 3 heterocycles. The Morgan fingerprint density at radius 2 is 1.85 bits per heavy atom. The minimum atomic E-state index is -4.68. The van der Waals surface area contributed by atoms with Crippen LogP contribution in [0.4, 0.5) is 13.2 Å². The van der Waals surface area contributed by atoms with Gasteiger partial charge in [0, 0.05) is 12.6 Å². The van der Waals surface area contributed by atoms with Gasteiger partial charge in [0.05, 0.1) is 23.8 Å². The van der Waals surface area contributed by atoms with Crippen LogP contribution in [-0.4, -0.2) is 33.7 Å². The number of amides is 1. The quantitative estimate of drug-likeness (QED) is 0.367. The van der Waals surface area contributed by atoms with E-state index in [0.29, 0.717) is 34.1 Å². The van der Waals surface area contributed by atoms with Crippen LogP contribution in [0.5, 0.6) is 11.5 Å². The number of carbonyl (C=O) groups excluding carboxylic acids is 1. The van der Waals surface area contributed by atoms with E-state index in [1.807, 2.05) is 13.8 Å². The predicted octanol–water partition coefficient (Wildman–Crippen LogP) is 5.20. The molecule has 0 aliphatic heterocycles. The van der Waals surface area contributed by atoms with Crippen LogP contribution in [0, 0.1) is 0 Å². The Kier molecular flexibility index (Phi) is 6.73. The molecule has 4 rings (SSSR count). The van der Waals surface area contributed by atoms with Crippen molar-refractivity contribution in [2.45, 2.75) is 26.6 Å². The number of carbonyl (C=O) groups is 1. The molecule has 0 bridgehead atoms. The van der Waals surface area contributed by atoms with Gasteiger partial charge in [-0.25, -0.2) is 9.50 Å². The number of hydrogen-bond donors (Lipinski definition) is 1. The molecular weight excluding hydrogens is 469 g/mol. The SMILES string of the molecule is CCOc1ccc(CNC(=O)c2cc3nc(-c4cccs4)cc(C(F)(F)F)n3n2)cc1OCC. The van der Waals surface area contributed by atoms with Crippen LogP contribution in [0.25, 0.3) is 16.2 Å². The van der Waals surface area contributed by atoms with Crippen LogP contribution >= 0.6 is 11.3 Å². The highest BCUT2D eigenvalue weighted by Crippen LogP contribution is 2.33. The van der Waals surface area contributed by atoms with E-state index in [1.54, 1.807) is 35.7 Å². The summed E-state index contributed by atoms with van der Waals surface area (Å²) in [6.45, 7) is 4.76. The van der Waals surface area contributed by atoms with Crippen LogP contribution in [0.15, 0.2) is 47.8 Å². The molecule has 0 spiro atoms. The monoisotopic (exact) mass is 490 g/mol. The fraction of sp³-hybridized carbons (Fsp3) is 0.261. The fourth-order valence-electron chi connectivity index (χ4n) is 3.32. The molecule has 0 saturated heterocycles. The summed E-state index contributed by atoms with van der Waals surface area (Å²) in [4.78, 5) is 17.5. The second kappa shape index (κ2) is 9.72. The van der Waals surface area contributed by atoms with E-state index in [1.165, 1.54) is 17.4 Å². The van der Waals surface area contributed by atoms with Gasteiger partial charge in [-0.3, -0.25) is 4.79 Å². The number of halogens is 3. The number of nitrogens with zero attached hydrogens (tertiary/aromatic N) is 3. The first-order chi connectivity index (χ1) is 16.3. The Labute approximate surface area is 197 Å². The van der Waals surface area contributed by atoms with Gasteiger partial charge in [0.1, 0.15) is 0 Å². The minimum Gasteiger partial charge on any atom is -0.490 e. The van der Waals surface area contributed by atoms with Gasteiger partial charge in [0.15, 0.2) is 28.5 Å². The third kappa shape index (κ3) is 4.98. The van der Waals surface area contributed by atoms with Crippen molar-refractivity contribution in [1.29, 1.82) is 0 Å². The van der Waals surface area contributed by atoms with Gasteiger partial charge in [-0.2, -0.15) is 18.3 Å². The predicted molar refractivity (Wildman–Crippen MR) is 121 cm³/mol. The zero-order chi connectivity index (χ0) is 24.3. The van der Waals surface area contributed by atoms with Crippen LogP contribution in [-0.2, 0) is 12.7 Å². The van der Waals surface area contributed by atoms with E-state index < -0.39 is 17.8 Å². The van der Waals surface area contributed by atoms with Crippen LogP contribution in [0.3, 0.4) is 0 Å². The third-order valence-electron chi connectivity index (χ3n) is 4.78. The van der Waals surface area contributed by atoms with Crippen LogP contribution < -0.4 is 14.8 Å². The summed E-state index contributed by atoms with van der Waals surface area (Å²) in [5, 5.41) is 8.31. The van der Waals surface area contributed by atoms with Crippen molar-refractivity contribution in [3.63, 3.8) is 0 Å². The minimum absolute atomic E-state index is 0.0666. The van der Waals surface area contributed by atoms with Gasteiger partial charge in [0.25, 0.3) is 5.91 Å². The molecule has 3 aromatic heterocycles. The fourth-order valence-corrected chi connectivity index (χ4v) is 4.00. The van der Waals surface area contributed by atoms with E-state index in [2.05, 4.69) is 15.4 Å². The summed E-state index contributed by atoms with van der Waals surface area (Å²) < 4.78 is 52.9. The van der Waals surface area contributed by atoms with Gasteiger partial charge in [-0.15, -0.1) is 11.3 Å². The molecule has 7 nitrogen and oxygen atoms in total. The second-order valence-corrected chi connectivity index (χ2v) is 8.08. The number of hydrogen-bond acceptors (Lipinski definition) is 6. The highest BCUT2D eigenvalue weighted by Gasteiger charge is 2.35. The Hall–Kier alpha value is -3.60. The van der Waals surface area contributed by atoms with Crippen molar-refractivity contribution in [1.82, 2.24) is 19.9 Å². The first kappa shape index (κ1) is 23.6. The smallest absolute Gasteiger partial charge is 0.433 e. The molecule has 0 aliphatic rings. The molecule has 0 unspecified atom stereocenters. The number of fused-ring (bicyclic) bond motifs is 1. The number of benzene rings is 1. The second-order valence-electron chi connectivity index (χ2n) is 7.13.